The Morgan fingerprint density at radius 2 is 1.69 bits per heavy atom. The van der Waals surface area contributed by atoms with Crippen molar-refractivity contribution in [1.82, 2.24) is 20.2 Å². The number of anilines is 1. The van der Waals surface area contributed by atoms with Crippen molar-refractivity contribution in [3.05, 3.63) is 96.3 Å². The Morgan fingerprint density at radius 1 is 0.966 bits per heavy atom. The van der Waals surface area contributed by atoms with Crippen LogP contribution in [0.25, 0.3) is 5.69 Å². The molecule has 4 aromatic rings. The third kappa shape index (κ3) is 4.49. The van der Waals surface area contributed by atoms with E-state index in [4.69, 9.17) is 0 Å². The van der Waals surface area contributed by atoms with Gasteiger partial charge in [-0.15, -0.1) is 5.10 Å². The second-order valence-electron chi connectivity index (χ2n) is 6.12. The van der Waals surface area contributed by atoms with Crippen LogP contribution in [0.5, 0.6) is 0 Å². The van der Waals surface area contributed by atoms with Crippen LogP contribution in [0.4, 0.5) is 10.1 Å². The highest BCUT2D eigenvalue weighted by molar-refractivity contribution is 8.00. The number of nitrogens with one attached hydrogen (secondary N) is 1. The van der Waals surface area contributed by atoms with Crippen LogP contribution in [-0.2, 0) is 4.79 Å². The molecule has 0 spiro atoms. The van der Waals surface area contributed by atoms with E-state index in [1.54, 1.807) is 12.1 Å². The van der Waals surface area contributed by atoms with Gasteiger partial charge in [0.1, 0.15) is 11.1 Å². The fraction of sp³-hybridized carbons (Fsp3) is 0.0476. The van der Waals surface area contributed by atoms with Crippen LogP contribution in [0.2, 0.25) is 0 Å². The Bertz CT molecular complexity index is 1100. The van der Waals surface area contributed by atoms with Gasteiger partial charge in [-0.3, -0.25) is 4.79 Å². The molecule has 144 valence electrons. The lowest BCUT2D eigenvalue weighted by Gasteiger charge is -2.16. The van der Waals surface area contributed by atoms with Crippen LogP contribution in [0, 0.1) is 5.82 Å². The van der Waals surface area contributed by atoms with Crippen LogP contribution >= 0.6 is 11.8 Å². The largest absolute Gasteiger partial charge is 0.325 e. The van der Waals surface area contributed by atoms with Gasteiger partial charge in [-0.25, -0.2) is 4.39 Å². The van der Waals surface area contributed by atoms with E-state index in [1.165, 1.54) is 28.6 Å². The SMILES string of the molecule is O=C(Nc1ccccc1)C(Sc1nnnn1-c1cccc(F)c1)c1ccccc1. The summed E-state index contributed by atoms with van der Waals surface area (Å²) in [6.45, 7) is 0. The second-order valence-corrected chi connectivity index (χ2v) is 7.19. The fourth-order valence-electron chi connectivity index (χ4n) is 2.76. The normalized spacial score (nSPS) is 11.8. The van der Waals surface area contributed by atoms with Crippen LogP contribution in [0.3, 0.4) is 0 Å². The molecule has 29 heavy (non-hydrogen) atoms. The van der Waals surface area contributed by atoms with Gasteiger partial charge in [-0.2, -0.15) is 4.68 Å². The first-order valence-corrected chi connectivity index (χ1v) is 9.70. The number of benzene rings is 3. The van der Waals surface area contributed by atoms with Gasteiger partial charge in [0.25, 0.3) is 0 Å². The van der Waals surface area contributed by atoms with E-state index >= 15 is 0 Å². The molecule has 3 aromatic carbocycles. The minimum Gasteiger partial charge on any atom is -0.325 e. The Hall–Kier alpha value is -3.52. The third-order valence-electron chi connectivity index (χ3n) is 4.10. The number of tetrazole rings is 1. The fourth-order valence-corrected chi connectivity index (χ4v) is 3.75. The van der Waals surface area contributed by atoms with E-state index in [0.717, 1.165) is 5.56 Å². The molecule has 8 heteroatoms. The Labute approximate surface area is 170 Å². The van der Waals surface area contributed by atoms with Crippen LogP contribution in [0.15, 0.2) is 90.1 Å². The summed E-state index contributed by atoms with van der Waals surface area (Å²) in [7, 11) is 0. The molecule has 1 amide bonds. The quantitative estimate of drug-likeness (QED) is 0.485. The molecule has 0 aliphatic rings. The lowest BCUT2D eigenvalue weighted by atomic mass is 10.1. The summed E-state index contributed by atoms with van der Waals surface area (Å²) in [6.07, 6.45) is 0. The van der Waals surface area contributed by atoms with Crippen molar-refractivity contribution in [2.24, 2.45) is 0 Å². The number of halogens is 1. The molecule has 0 saturated carbocycles. The Morgan fingerprint density at radius 3 is 2.41 bits per heavy atom. The molecule has 0 aliphatic heterocycles. The first-order valence-electron chi connectivity index (χ1n) is 8.82. The third-order valence-corrected chi connectivity index (χ3v) is 5.29. The van der Waals surface area contributed by atoms with E-state index < -0.39 is 11.1 Å². The van der Waals surface area contributed by atoms with Crippen molar-refractivity contribution in [2.75, 3.05) is 5.32 Å². The lowest BCUT2D eigenvalue weighted by molar-refractivity contribution is -0.115. The van der Waals surface area contributed by atoms with Crippen LogP contribution in [-0.4, -0.2) is 26.1 Å². The minimum absolute atomic E-state index is 0.207. The summed E-state index contributed by atoms with van der Waals surface area (Å²) in [5, 5.41) is 14.4. The Kier molecular flexibility index (Phi) is 5.62. The van der Waals surface area contributed by atoms with Crippen molar-refractivity contribution in [3.63, 3.8) is 0 Å². The maximum absolute atomic E-state index is 13.6. The lowest BCUT2D eigenvalue weighted by Crippen LogP contribution is -2.19. The first-order chi connectivity index (χ1) is 14.2. The summed E-state index contributed by atoms with van der Waals surface area (Å²) in [5.74, 6) is -0.600. The molecule has 0 saturated heterocycles. The molecule has 0 bridgehead atoms. The van der Waals surface area contributed by atoms with Crippen molar-refractivity contribution >= 4 is 23.4 Å². The zero-order valence-electron chi connectivity index (χ0n) is 15.1. The zero-order valence-corrected chi connectivity index (χ0v) is 16.0. The maximum atomic E-state index is 13.6. The van der Waals surface area contributed by atoms with Gasteiger partial charge >= 0.3 is 0 Å². The van der Waals surface area contributed by atoms with Crippen LogP contribution < -0.4 is 5.32 Å². The summed E-state index contributed by atoms with van der Waals surface area (Å²) in [5.41, 5.74) is 1.98. The highest BCUT2D eigenvalue weighted by Gasteiger charge is 2.25. The highest BCUT2D eigenvalue weighted by atomic mass is 32.2. The van der Waals surface area contributed by atoms with E-state index in [2.05, 4.69) is 20.8 Å². The molecule has 1 aromatic heterocycles. The standard InChI is InChI=1S/C21H16FN5OS/c22-16-10-7-13-18(14-16)27-21(24-25-26-27)29-19(15-8-3-1-4-9-15)20(28)23-17-11-5-2-6-12-17/h1-14,19H,(H,23,28). The first kappa shape index (κ1) is 18.8. The molecule has 6 nitrogen and oxygen atoms in total. The number of carbonyl (C=O) groups is 1. The number of para-hydroxylation sites is 1. The van der Waals surface area contributed by atoms with Crippen molar-refractivity contribution in [1.29, 1.82) is 0 Å². The summed E-state index contributed by atoms with van der Waals surface area (Å²) >= 11 is 1.20. The number of thioether (sulfide) groups is 1. The van der Waals surface area contributed by atoms with Gasteiger partial charge in [0, 0.05) is 5.69 Å². The minimum atomic E-state index is -0.602. The van der Waals surface area contributed by atoms with E-state index in [9.17, 15) is 9.18 Å². The van der Waals surface area contributed by atoms with Gasteiger partial charge < -0.3 is 5.32 Å². The summed E-state index contributed by atoms with van der Waals surface area (Å²) in [6, 6.07) is 24.6. The van der Waals surface area contributed by atoms with Gasteiger partial charge in [-0.05, 0) is 46.3 Å². The predicted molar refractivity (Wildman–Crippen MR) is 109 cm³/mol. The molecule has 4 rings (SSSR count). The maximum Gasteiger partial charge on any atom is 0.242 e. The average Bonchev–Trinajstić information content (AvgIpc) is 3.22. The van der Waals surface area contributed by atoms with E-state index in [0.29, 0.717) is 16.5 Å². The van der Waals surface area contributed by atoms with Crippen LogP contribution in [0.1, 0.15) is 10.8 Å². The molecular weight excluding hydrogens is 389 g/mol. The molecule has 1 heterocycles. The summed E-state index contributed by atoms with van der Waals surface area (Å²) in [4.78, 5) is 13.1. The topological polar surface area (TPSA) is 72.7 Å². The molecule has 0 aliphatic carbocycles. The second kappa shape index (κ2) is 8.66. The van der Waals surface area contributed by atoms with Gasteiger partial charge in [-0.1, -0.05) is 66.4 Å². The van der Waals surface area contributed by atoms with Gasteiger partial charge in [0.05, 0.1) is 5.69 Å². The zero-order chi connectivity index (χ0) is 20.1. The highest BCUT2D eigenvalue weighted by Crippen LogP contribution is 2.35. The van der Waals surface area contributed by atoms with E-state index in [1.807, 2.05) is 60.7 Å². The number of aromatic nitrogens is 4. The number of carbonyl (C=O) groups excluding carboxylic acids is 1. The van der Waals surface area contributed by atoms with E-state index in [-0.39, 0.29) is 5.91 Å². The van der Waals surface area contributed by atoms with Gasteiger partial charge in [0.15, 0.2) is 0 Å². The molecule has 0 radical (unpaired) electrons. The molecule has 1 atom stereocenters. The number of hydrogen-bond acceptors (Lipinski definition) is 5. The number of rotatable bonds is 6. The Balaban J connectivity index is 1.65. The smallest absolute Gasteiger partial charge is 0.242 e. The molecule has 1 N–H and O–H groups in total. The summed E-state index contributed by atoms with van der Waals surface area (Å²) < 4.78 is 15.1. The van der Waals surface area contributed by atoms with Crippen molar-refractivity contribution in [3.8, 4) is 5.69 Å². The predicted octanol–water partition coefficient (Wildman–Crippen LogP) is 4.27. The van der Waals surface area contributed by atoms with Crippen molar-refractivity contribution < 1.29 is 9.18 Å². The molecule has 1 unspecified atom stereocenters. The molecule has 0 fully saturated rings. The monoisotopic (exact) mass is 405 g/mol. The number of amides is 1. The van der Waals surface area contributed by atoms with Crippen molar-refractivity contribution in [2.45, 2.75) is 10.4 Å². The number of nitrogens with zero attached hydrogens (tertiary/aromatic N) is 4. The average molecular weight is 405 g/mol. The number of hydrogen-bond donors (Lipinski definition) is 1. The molecular formula is C21H16FN5OS. The van der Waals surface area contributed by atoms with Gasteiger partial charge in [0.2, 0.25) is 11.1 Å².